The average molecular weight is 179 g/mol. The molecule has 1 saturated carbocycles. The number of hydrogen-bond donors (Lipinski definition) is 1. The maximum absolute atomic E-state index is 13.3. The van der Waals surface area contributed by atoms with E-state index in [1.54, 1.807) is 6.07 Å². The summed E-state index contributed by atoms with van der Waals surface area (Å²) in [5.74, 6) is -0.638. The Morgan fingerprint density at radius 3 is 2.77 bits per heavy atom. The summed E-state index contributed by atoms with van der Waals surface area (Å²) in [4.78, 5) is 11.5. The monoisotopic (exact) mass is 179 g/mol. The summed E-state index contributed by atoms with van der Waals surface area (Å²) < 4.78 is 13.3. The van der Waals surface area contributed by atoms with Gasteiger partial charge in [0.15, 0.2) is 11.6 Å². The zero-order valence-corrected chi connectivity index (χ0v) is 7.09. The number of halogens is 1. The topological polar surface area (TPSA) is 43.1 Å². The van der Waals surface area contributed by atoms with Crippen LogP contribution in [0.2, 0.25) is 0 Å². The first-order valence-electron chi connectivity index (χ1n) is 4.28. The number of rotatable bonds is 2. The smallest absolute Gasteiger partial charge is 0.168 e. The molecule has 1 aliphatic carbocycles. The largest absolute Gasteiger partial charge is 0.396 e. The molecular formula is C10H10FNO. The molecular weight excluding hydrogens is 169 g/mol. The first-order valence-corrected chi connectivity index (χ1v) is 4.28. The third-order valence-electron chi connectivity index (χ3n) is 2.24. The highest BCUT2D eigenvalue weighted by molar-refractivity contribution is 6.00. The molecule has 1 fully saturated rings. The molecule has 1 aromatic carbocycles. The lowest BCUT2D eigenvalue weighted by molar-refractivity contribution is 0.0964. The minimum atomic E-state index is -0.570. The fourth-order valence-electron chi connectivity index (χ4n) is 1.31. The van der Waals surface area contributed by atoms with Crippen LogP contribution >= 0.6 is 0 Å². The molecule has 2 nitrogen and oxygen atoms in total. The number of carbonyl (C=O) groups excluding carboxylic acids is 1. The highest BCUT2D eigenvalue weighted by Gasteiger charge is 2.32. The number of ketones is 1. The Kier molecular flexibility index (Phi) is 1.79. The van der Waals surface area contributed by atoms with E-state index in [1.807, 2.05) is 0 Å². The third kappa shape index (κ3) is 1.41. The molecule has 1 aliphatic rings. The maximum Gasteiger partial charge on any atom is 0.168 e. The molecule has 13 heavy (non-hydrogen) atoms. The quantitative estimate of drug-likeness (QED) is 0.557. The summed E-state index contributed by atoms with van der Waals surface area (Å²) in [6.45, 7) is 0. The van der Waals surface area contributed by atoms with Crippen molar-refractivity contribution in [2.45, 2.75) is 12.8 Å². The van der Waals surface area contributed by atoms with Crippen LogP contribution in [-0.4, -0.2) is 5.78 Å². The van der Waals surface area contributed by atoms with Gasteiger partial charge in [-0.2, -0.15) is 0 Å². The highest BCUT2D eigenvalue weighted by atomic mass is 19.1. The fourth-order valence-corrected chi connectivity index (χ4v) is 1.31. The normalized spacial score (nSPS) is 15.8. The molecule has 0 spiro atoms. The zero-order valence-electron chi connectivity index (χ0n) is 7.09. The Morgan fingerprint density at radius 1 is 1.46 bits per heavy atom. The van der Waals surface area contributed by atoms with Gasteiger partial charge in [0.25, 0.3) is 0 Å². The van der Waals surface area contributed by atoms with Crippen molar-refractivity contribution < 1.29 is 9.18 Å². The Labute approximate surface area is 75.6 Å². The van der Waals surface area contributed by atoms with Crippen LogP contribution in [0.1, 0.15) is 23.2 Å². The van der Waals surface area contributed by atoms with Crippen molar-refractivity contribution in [2.75, 3.05) is 5.73 Å². The molecule has 2 rings (SSSR count). The fraction of sp³-hybridized carbons (Fsp3) is 0.300. The highest BCUT2D eigenvalue weighted by Crippen LogP contribution is 2.33. The molecule has 0 atom stereocenters. The van der Waals surface area contributed by atoms with E-state index in [9.17, 15) is 9.18 Å². The van der Waals surface area contributed by atoms with Gasteiger partial charge < -0.3 is 5.73 Å². The van der Waals surface area contributed by atoms with Crippen LogP contribution in [0.4, 0.5) is 10.1 Å². The molecule has 68 valence electrons. The summed E-state index contributed by atoms with van der Waals surface area (Å²) in [5.41, 5.74) is 5.54. The van der Waals surface area contributed by atoms with E-state index in [-0.39, 0.29) is 23.0 Å². The van der Waals surface area contributed by atoms with Crippen molar-refractivity contribution in [3.8, 4) is 0 Å². The van der Waals surface area contributed by atoms with Crippen molar-refractivity contribution in [3.05, 3.63) is 29.6 Å². The summed E-state index contributed by atoms with van der Waals surface area (Å²) in [7, 11) is 0. The van der Waals surface area contributed by atoms with Crippen molar-refractivity contribution in [1.82, 2.24) is 0 Å². The second kappa shape index (κ2) is 2.83. The molecule has 0 saturated heterocycles. The predicted molar refractivity (Wildman–Crippen MR) is 47.9 cm³/mol. The number of nitrogens with two attached hydrogens (primary N) is 1. The van der Waals surface area contributed by atoms with Gasteiger partial charge in [0.05, 0.1) is 11.3 Å². The van der Waals surface area contributed by atoms with E-state index >= 15 is 0 Å². The second-order valence-corrected chi connectivity index (χ2v) is 3.35. The molecule has 0 bridgehead atoms. The minimum Gasteiger partial charge on any atom is -0.396 e. The van der Waals surface area contributed by atoms with Crippen LogP contribution in [-0.2, 0) is 0 Å². The van der Waals surface area contributed by atoms with E-state index in [0.717, 1.165) is 12.8 Å². The van der Waals surface area contributed by atoms with Crippen molar-refractivity contribution >= 4 is 11.5 Å². The summed E-state index contributed by atoms with van der Waals surface area (Å²) in [6, 6.07) is 4.55. The lowest BCUT2D eigenvalue weighted by atomic mass is 10.1. The zero-order chi connectivity index (χ0) is 9.42. The standard InChI is InChI=1S/C10H10FNO/c11-9-7(2-1-3-8(9)12)10(13)6-4-5-6/h1-3,6H,4-5,12H2. The number of nitrogen functional groups attached to an aromatic ring is 1. The Hall–Kier alpha value is -1.38. The van der Waals surface area contributed by atoms with Gasteiger partial charge >= 0.3 is 0 Å². The number of Topliss-reactive ketones (excluding diaryl/α,β-unsaturated/α-hetero) is 1. The summed E-state index contributed by atoms with van der Waals surface area (Å²) >= 11 is 0. The minimum absolute atomic E-state index is 0.0382. The Bertz CT molecular complexity index is 358. The SMILES string of the molecule is Nc1cccc(C(=O)C2CC2)c1F. The van der Waals surface area contributed by atoms with Crippen LogP contribution in [0.25, 0.3) is 0 Å². The van der Waals surface area contributed by atoms with E-state index in [2.05, 4.69) is 0 Å². The lowest BCUT2D eigenvalue weighted by Crippen LogP contribution is -2.06. The van der Waals surface area contributed by atoms with Crippen molar-refractivity contribution in [2.24, 2.45) is 5.92 Å². The summed E-state index contributed by atoms with van der Waals surface area (Å²) in [5, 5.41) is 0. The van der Waals surface area contributed by atoms with Crippen LogP contribution < -0.4 is 5.73 Å². The van der Waals surface area contributed by atoms with Crippen LogP contribution in [0, 0.1) is 11.7 Å². The molecule has 0 amide bonds. The van der Waals surface area contributed by atoms with Gasteiger partial charge in [-0.05, 0) is 25.0 Å². The Balaban J connectivity index is 2.38. The third-order valence-corrected chi connectivity index (χ3v) is 2.24. The van der Waals surface area contributed by atoms with Crippen LogP contribution in [0.15, 0.2) is 18.2 Å². The van der Waals surface area contributed by atoms with Gasteiger partial charge in [0.2, 0.25) is 0 Å². The van der Waals surface area contributed by atoms with Gasteiger partial charge in [-0.1, -0.05) is 6.07 Å². The van der Waals surface area contributed by atoms with E-state index in [4.69, 9.17) is 5.73 Å². The molecule has 0 unspecified atom stereocenters. The number of hydrogen-bond acceptors (Lipinski definition) is 2. The lowest BCUT2D eigenvalue weighted by Gasteiger charge is -2.02. The second-order valence-electron chi connectivity index (χ2n) is 3.35. The molecule has 1 aromatic rings. The molecule has 2 N–H and O–H groups in total. The van der Waals surface area contributed by atoms with Crippen LogP contribution in [0.5, 0.6) is 0 Å². The summed E-state index contributed by atoms with van der Waals surface area (Å²) in [6.07, 6.45) is 1.76. The average Bonchev–Trinajstić information content (AvgIpc) is 2.91. The first kappa shape index (κ1) is 8.23. The molecule has 0 aromatic heterocycles. The van der Waals surface area contributed by atoms with Crippen LogP contribution in [0.3, 0.4) is 0 Å². The van der Waals surface area contributed by atoms with Gasteiger partial charge in [0.1, 0.15) is 0 Å². The first-order chi connectivity index (χ1) is 6.20. The number of carbonyl (C=O) groups is 1. The van der Waals surface area contributed by atoms with Gasteiger partial charge in [-0.15, -0.1) is 0 Å². The maximum atomic E-state index is 13.3. The van der Waals surface area contributed by atoms with Gasteiger partial charge in [-0.3, -0.25) is 4.79 Å². The molecule has 0 heterocycles. The van der Waals surface area contributed by atoms with E-state index in [1.165, 1.54) is 12.1 Å². The van der Waals surface area contributed by atoms with Crippen molar-refractivity contribution in [3.63, 3.8) is 0 Å². The van der Waals surface area contributed by atoms with Gasteiger partial charge in [0, 0.05) is 5.92 Å². The Morgan fingerprint density at radius 2 is 2.15 bits per heavy atom. The molecule has 0 radical (unpaired) electrons. The van der Waals surface area contributed by atoms with E-state index in [0.29, 0.717) is 0 Å². The number of benzene rings is 1. The predicted octanol–water partition coefficient (Wildman–Crippen LogP) is 2.00. The van der Waals surface area contributed by atoms with Gasteiger partial charge in [-0.25, -0.2) is 4.39 Å². The van der Waals surface area contributed by atoms with E-state index < -0.39 is 5.82 Å². The molecule has 3 heteroatoms. The van der Waals surface area contributed by atoms with Crippen molar-refractivity contribution in [1.29, 1.82) is 0 Å². The number of anilines is 1. The molecule has 0 aliphatic heterocycles.